The molecule has 2 heterocycles. The lowest BCUT2D eigenvalue weighted by Gasteiger charge is -2.20. The Kier molecular flexibility index (Phi) is 7.29. The van der Waals surface area contributed by atoms with Crippen LogP contribution in [0.15, 0.2) is 48.8 Å². The van der Waals surface area contributed by atoms with Crippen LogP contribution in [0.4, 0.5) is 31.8 Å². The predicted octanol–water partition coefficient (Wildman–Crippen LogP) is 5.83. The Morgan fingerprint density at radius 1 is 1.26 bits per heavy atom. The van der Waals surface area contributed by atoms with E-state index in [4.69, 9.17) is 4.74 Å². The van der Waals surface area contributed by atoms with Crippen LogP contribution in [0, 0.1) is 10.1 Å². The number of nitrogens with zero attached hydrogens (tertiary/aromatic N) is 5. The summed E-state index contributed by atoms with van der Waals surface area (Å²) in [4.78, 5) is 22.1. The number of rotatable bonds is 11. The van der Waals surface area contributed by atoms with Gasteiger partial charge in [-0.15, -0.1) is 0 Å². The number of para-hydroxylation sites is 1. The molecule has 1 aliphatic rings. The van der Waals surface area contributed by atoms with Crippen LogP contribution < -0.4 is 15.4 Å². The van der Waals surface area contributed by atoms with E-state index in [-0.39, 0.29) is 40.7 Å². The summed E-state index contributed by atoms with van der Waals surface area (Å²) in [5, 5.41) is 18.7. The predicted molar refractivity (Wildman–Crippen MR) is 146 cm³/mol. The van der Waals surface area contributed by atoms with E-state index in [0.717, 1.165) is 35.4 Å². The number of nitro benzene ring substituents is 1. The highest BCUT2D eigenvalue weighted by Gasteiger charge is 2.28. The largest absolute Gasteiger partial charge is 0.432 e. The molecule has 4 aromatic rings. The molecular weight excluding hydrogens is 508 g/mol. The number of anilines is 3. The molecule has 2 aromatic heterocycles. The number of alkyl halides is 2. The Morgan fingerprint density at radius 3 is 2.69 bits per heavy atom. The maximum Gasteiger partial charge on any atom is 0.387 e. The molecule has 0 radical (unpaired) electrons. The number of benzene rings is 2. The summed E-state index contributed by atoms with van der Waals surface area (Å²) in [6, 6.07) is 11.5. The van der Waals surface area contributed by atoms with Crippen molar-refractivity contribution < 1.29 is 18.4 Å². The standard InChI is InChI=1S/C27H29F2N7O3/c1-30-24-18(11-13-34(2)3)25(39-26(28)29)21(14-23(24)36(37)38)33-27-31-12-10-20(32-27)19-15-35(16-8-9-16)22-7-5-4-6-17(19)22/h4-7,10,12,14-16,26,30H,8-9,11,13H2,1-3H3,(H,31,32,33). The quantitative estimate of drug-likeness (QED) is 0.182. The molecular formula is C27H29F2N7O3. The third-order valence-corrected chi connectivity index (χ3v) is 6.68. The first-order valence-electron chi connectivity index (χ1n) is 12.6. The van der Waals surface area contributed by atoms with Gasteiger partial charge in [-0.05, 0) is 45.5 Å². The molecule has 0 aliphatic heterocycles. The van der Waals surface area contributed by atoms with E-state index in [2.05, 4.69) is 37.4 Å². The Hall–Kier alpha value is -4.32. The third-order valence-electron chi connectivity index (χ3n) is 6.68. The van der Waals surface area contributed by atoms with E-state index in [1.54, 1.807) is 12.3 Å². The molecule has 10 nitrogen and oxygen atoms in total. The Balaban J connectivity index is 1.59. The van der Waals surface area contributed by atoms with Gasteiger partial charge in [-0.25, -0.2) is 9.97 Å². The minimum Gasteiger partial charge on any atom is -0.432 e. The summed E-state index contributed by atoms with van der Waals surface area (Å²) >= 11 is 0. The van der Waals surface area contributed by atoms with E-state index in [9.17, 15) is 18.9 Å². The van der Waals surface area contributed by atoms with Crippen molar-refractivity contribution in [2.75, 3.05) is 38.3 Å². The first kappa shape index (κ1) is 26.3. The second-order valence-corrected chi connectivity index (χ2v) is 9.65. The van der Waals surface area contributed by atoms with Crippen molar-refractivity contribution in [3.8, 4) is 17.0 Å². The zero-order valence-corrected chi connectivity index (χ0v) is 21.8. The third kappa shape index (κ3) is 5.46. The molecule has 39 heavy (non-hydrogen) atoms. The molecule has 204 valence electrons. The highest BCUT2D eigenvalue weighted by atomic mass is 19.3. The molecule has 0 unspecified atom stereocenters. The van der Waals surface area contributed by atoms with E-state index >= 15 is 0 Å². The van der Waals surface area contributed by atoms with Crippen LogP contribution in [0.5, 0.6) is 5.75 Å². The maximum atomic E-state index is 13.6. The van der Waals surface area contributed by atoms with Crippen molar-refractivity contribution in [1.29, 1.82) is 0 Å². The molecule has 12 heteroatoms. The second kappa shape index (κ2) is 10.8. The Morgan fingerprint density at radius 2 is 2.03 bits per heavy atom. The molecule has 5 rings (SSSR count). The van der Waals surface area contributed by atoms with Crippen LogP contribution in [-0.2, 0) is 6.42 Å². The fourth-order valence-electron chi connectivity index (χ4n) is 4.77. The summed E-state index contributed by atoms with van der Waals surface area (Å²) in [6.45, 7) is -2.69. The van der Waals surface area contributed by atoms with Crippen LogP contribution >= 0.6 is 0 Å². The smallest absolute Gasteiger partial charge is 0.387 e. The normalized spacial score (nSPS) is 13.3. The summed E-state index contributed by atoms with van der Waals surface area (Å²) in [5.41, 5.74) is 2.73. The van der Waals surface area contributed by atoms with Gasteiger partial charge in [-0.2, -0.15) is 8.78 Å². The van der Waals surface area contributed by atoms with E-state index in [1.807, 2.05) is 37.2 Å². The highest BCUT2D eigenvalue weighted by Crippen LogP contribution is 2.44. The molecule has 0 atom stereocenters. The van der Waals surface area contributed by atoms with Gasteiger partial charge in [-0.3, -0.25) is 10.1 Å². The van der Waals surface area contributed by atoms with Gasteiger partial charge in [0.1, 0.15) is 5.69 Å². The Bertz CT molecular complexity index is 1520. The van der Waals surface area contributed by atoms with Gasteiger partial charge in [0.2, 0.25) is 5.95 Å². The van der Waals surface area contributed by atoms with Gasteiger partial charge in [-0.1, -0.05) is 18.2 Å². The number of likely N-dealkylation sites (N-methyl/N-ethyl adjacent to an activating group) is 1. The van der Waals surface area contributed by atoms with Crippen molar-refractivity contribution in [2.24, 2.45) is 0 Å². The number of fused-ring (bicyclic) bond motifs is 1. The van der Waals surface area contributed by atoms with E-state index in [0.29, 0.717) is 18.3 Å². The molecule has 0 bridgehead atoms. The average molecular weight is 538 g/mol. The van der Waals surface area contributed by atoms with Crippen LogP contribution in [0.25, 0.3) is 22.2 Å². The van der Waals surface area contributed by atoms with Crippen LogP contribution in [0.3, 0.4) is 0 Å². The number of hydrogen-bond acceptors (Lipinski definition) is 8. The lowest BCUT2D eigenvalue weighted by molar-refractivity contribution is -0.383. The van der Waals surface area contributed by atoms with E-state index < -0.39 is 11.5 Å². The zero-order chi connectivity index (χ0) is 27.7. The van der Waals surface area contributed by atoms with Crippen molar-refractivity contribution in [1.82, 2.24) is 19.4 Å². The molecule has 0 amide bonds. The van der Waals surface area contributed by atoms with Gasteiger partial charge >= 0.3 is 6.61 Å². The maximum absolute atomic E-state index is 13.6. The first-order chi connectivity index (χ1) is 18.8. The first-order valence-corrected chi connectivity index (χ1v) is 12.6. The van der Waals surface area contributed by atoms with Crippen molar-refractivity contribution in [3.05, 3.63) is 64.5 Å². The van der Waals surface area contributed by atoms with Gasteiger partial charge in [0, 0.05) is 60.1 Å². The number of aromatic nitrogens is 3. The van der Waals surface area contributed by atoms with Crippen LogP contribution in [0.1, 0.15) is 24.4 Å². The minimum absolute atomic E-state index is 0.0210. The van der Waals surface area contributed by atoms with Crippen LogP contribution in [-0.4, -0.2) is 58.7 Å². The van der Waals surface area contributed by atoms with Gasteiger partial charge < -0.3 is 24.8 Å². The second-order valence-electron chi connectivity index (χ2n) is 9.65. The van der Waals surface area contributed by atoms with E-state index in [1.165, 1.54) is 7.05 Å². The number of halogens is 2. The van der Waals surface area contributed by atoms with Crippen LogP contribution in [0.2, 0.25) is 0 Å². The summed E-state index contributed by atoms with van der Waals surface area (Å²) < 4.78 is 34.3. The molecule has 0 saturated heterocycles. The summed E-state index contributed by atoms with van der Waals surface area (Å²) in [7, 11) is 5.15. The summed E-state index contributed by atoms with van der Waals surface area (Å²) in [6.07, 6.45) is 6.11. The monoisotopic (exact) mass is 537 g/mol. The SMILES string of the molecule is CNc1c([N+](=O)[O-])cc(Nc2nccc(-c3cn(C4CC4)c4ccccc34)n2)c(OC(F)F)c1CCN(C)C. The molecule has 2 aromatic carbocycles. The fraction of sp³-hybridized carbons (Fsp3) is 0.333. The molecule has 0 spiro atoms. The Labute approximate surface area is 223 Å². The number of ether oxygens (including phenoxy) is 1. The number of hydrogen-bond donors (Lipinski definition) is 2. The van der Waals surface area contributed by atoms with Gasteiger partial charge in [0.15, 0.2) is 5.75 Å². The lowest BCUT2D eigenvalue weighted by atomic mass is 10.0. The molecule has 2 N–H and O–H groups in total. The number of nitro groups is 1. The van der Waals surface area contributed by atoms with Crippen molar-refractivity contribution in [2.45, 2.75) is 31.9 Å². The topological polar surface area (TPSA) is 110 Å². The van der Waals surface area contributed by atoms with Crippen molar-refractivity contribution >= 4 is 33.9 Å². The molecule has 1 fully saturated rings. The van der Waals surface area contributed by atoms with Gasteiger partial charge in [0.05, 0.1) is 16.3 Å². The average Bonchev–Trinajstić information content (AvgIpc) is 3.68. The molecule has 1 saturated carbocycles. The number of nitrogens with one attached hydrogen (secondary N) is 2. The fourth-order valence-corrected chi connectivity index (χ4v) is 4.77. The zero-order valence-electron chi connectivity index (χ0n) is 21.8. The summed E-state index contributed by atoms with van der Waals surface area (Å²) in [5.74, 6) is -0.0962. The molecule has 1 aliphatic carbocycles. The highest BCUT2D eigenvalue weighted by molar-refractivity contribution is 5.95. The van der Waals surface area contributed by atoms with Gasteiger partial charge in [0.25, 0.3) is 5.69 Å². The minimum atomic E-state index is -3.14. The lowest BCUT2D eigenvalue weighted by Crippen LogP contribution is -2.18. The van der Waals surface area contributed by atoms with Crippen molar-refractivity contribution in [3.63, 3.8) is 0 Å².